The molecule has 17 heteroatoms. The fourth-order valence-electron chi connectivity index (χ4n) is 4.45. The summed E-state index contributed by atoms with van der Waals surface area (Å²) in [5.74, 6) is -5.38. The van der Waals surface area contributed by atoms with E-state index in [1.807, 2.05) is 0 Å². The van der Waals surface area contributed by atoms with Crippen LogP contribution in [0.25, 0.3) is 0 Å². The van der Waals surface area contributed by atoms with Gasteiger partial charge in [-0.15, -0.1) is 0 Å². The Balaban J connectivity index is 3.11. The quantitative estimate of drug-likeness (QED) is 0.0509. The third kappa shape index (κ3) is 21.8. The Morgan fingerprint density at radius 3 is 1.26 bits per heavy atom. The van der Waals surface area contributed by atoms with Crippen LogP contribution in [0.5, 0.6) is 0 Å². The topological polar surface area (TPSA) is 220 Å². The third-order valence-electron chi connectivity index (χ3n) is 7.09. The van der Waals surface area contributed by atoms with Crippen molar-refractivity contribution in [2.75, 3.05) is 33.0 Å². The van der Waals surface area contributed by atoms with Crippen LogP contribution in [0.4, 0.5) is 0 Å². The van der Waals surface area contributed by atoms with Crippen LogP contribution >= 0.6 is 0 Å². The van der Waals surface area contributed by atoms with Gasteiger partial charge in [-0.1, -0.05) is 19.7 Å². The summed E-state index contributed by atoms with van der Waals surface area (Å²) in [6.07, 6.45) is -1.13. The zero-order valence-corrected chi connectivity index (χ0v) is 30.1. The molecule has 17 nitrogen and oxygen atoms in total. The first-order valence-electron chi connectivity index (χ1n) is 17.3. The van der Waals surface area contributed by atoms with Crippen molar-refractivity contribution in [3.8, 4) is 0 Å². The molecule has 1 fully saturated rings. The smallest absolute Gasteiger partial charge is 0.330 e. The van der Waals surface area contributed by atoms with Gasteiger partial charge in [-0.2, -0.15) is 0 Å². The van der Waals surface area contributed by atoms with Crippen molar-refractivity contribution in [3.63, 3.8) is 0 Å². The molecule has 0 aliphatic carbocycles. The summed E-state index contributed by atoms with van der Waals surface area (Å²) in [4.78, 5) is 96.5. The highest BCUT2D eigenvalue weighted by Gasteiger charge is 2.49. The minimum atomic E-state index is -1.57. The molecule has 0 bridgehead atoms. The first-order chi connectivity index (χ1) is 25.4. The first-order valence-corrected chi connectivity index (χ1v) is 17.3. The van der Waals surface area contributed by atoms with Gasteiger partial charge in [0.2, 0.25) is 12.4 Å². The molecule has 0 N–H and O–H groups in total. The maximum atomic E-state index is 13.0. The predicted octanol–water partition coefficient (Wildman–Crippen LogP) is 3.05. The maximum absolute atomic E-state index is 13.0. The minimum absolute atomic E-state index is 0.0227. The monoisotopic (exact) mass is 754 g/mol. The fraction of sp³-hybridized carbons (Fsp3) is 0.611. The number of hydrogen-bond acceptors (Lipinski definition) is 17. The summed E-state index contributed by atoms with van der Waals surface area (Å²) in [5.41, 5.74) is 0. The van der Waals surface area contributed by atoms with E-state index >= 15 is 0 Å². The number of carbonyl (C=O) groups excluding carboxylic acids is 8. The Hall–Kier alpha value is -5.06. The van der Waals surface area contributed by atoms with E-state index in [0.717, 1.165) is 18.2 Å². The van der Waals surface area contributed by atoms with Crippen LogP contribution in [-0.2, 0) is 81.0 Å². The molecule has 4 atom stereocenters. The van der Waals surface area contributed by atoms with E-state index in [2.05, 4.69) is 19.7 Å². The number of esters is 8. The van der Waals surface area contributed by atoms with Gasteiger partial charge in [-0.05, 0) is 51.4 Å². The second kappa shape index (κ2) is 27.6. The highest BCUT2D eigenvalue weighted by Crippen LogP contribution is 2.27. The maximum Gasteiger partial charge on any atom is 0.330 e. The number of ether oxygens (including phenoxy) is 9. The highest BCUT2D eigenvalue weighted by molar-refractivity contribution is 5.82. The molecule has 0 radical (unpaired) electrons. The van der Waals surface area contributed by atoms with Crippen molar-refractivity contribution in [2.45, 2.75) is 109 Å². The van der Waals surface area contributed by atoms with Gasteiger partial charge in [0.25, 0.3) is 0 Å². The van der Waals surface area contributed by atoms with Gasteiger partial charge < -0.3 is 42.6 Å². The lowest BCUT2D eigenvalue weighted by Gasteiger charge is -2.40. The Bertz CT molecular complexity index is 1260. The fourth-order valence-corrected chi connectivity index (χ4v) is 4.45. The molecule has 0 aromatic rings. The van der Waals surface area contributed by atoms with E-state index in [4.69, 9.17) is 42.6 Å². The molecule has 1 rings (SSSR count). The normalized spacial score (nSPS) is 17.5. The van der Waals surface area contributed by atoms with Crippen LogP contribution in [0.15, 0.2) is 38.0 Å². The van der Waals surface area contributed by atoms with E-state index in [1.54, 1.807) is 0 Å². The SMILES string of the molecule is C=CC(=O)OCCCCC(=O)OC1OC[C@@H](OC(=O)CCCCOC(=O)C=C)[C@H](OC(=O)CCCCOC(=O)C=C)[C@H]1OC(=O)CCCCOC(C)=O. The molecule has 1 aliphatic rings. The van der Waals surface area contributed by atoms with Gasteiger partial charge >= 0.3 is 47.8 Å². The summed E-state index contributed by atoms with van der Waals surface area (Å²) in [6, 6.07) is 0. The second-order valence-corrected chi connectivity index (χ2v) is 11.4. The summed E-state index contributed by atoms with van der Waals surface area (Å²) >= 11 is 0. The summed E-state index contributed by atoms with van der Waals surface area (Å²) in [6.45, 7) is 10.9. The molecule has 296 valence electrons. The Morgan fingerprint density at radius 1 is 0.509 bits per heavy atom. The van der Waals surface area contributed by atoms with Crippen LogP contribution in [0.3, 0.4) is 0 Å². The zero-order valence-electron chi connectivity index (χ0n) is 30.1. The van der Waals surface area contributed by atoms with Gasteiger partial charge in [-0.25, -0.2) is 14.4 Å². The van der Waals surface area contributed by atoms with Crippen LogP contribution < -0.4 is 0 Å². The second-order valence-electron chi connectivity index (χ2n) is 11.4. The van der Waals surface area contributed by atoms with Crippen molar-refractivity contribution in [2.24, 2.45) is 0 Å². The van der Waals surface area contributed by atoms with Crippen molar-refractivity contribution in [1.82, 2.24) is 0 Å². The van der Waals surface area contributed by atoms with E-state index < -0.39 is 79.0 Å². The number of hydrogen-bond donors (Lipinski definition) is 0. The molecule has 1 aliphatic heterocycles. The van der Waals surface area contributed by atoms with Crippen LogP contribution in [0.2, 0.25) is 0 Å². The van der Waals surface area contributed by atoms with Gasteiger partial charge in [0, 0.05) is 50.8 Å². The Labute approximate surface area is 308 Å². The standard InChI is InChI=1S/C36H50O17/c1-5-27(38)46-21-13-9-16-30(41)50-26-24-49-36(53-33(44)19-11-15-23-48-29(40)7-3)35(52-32(43)18-8-12-20-45-25(4)37)34(26)51-31(42)17-10-14-22-47-28(39)6-2/h5-7,26,34-36H,1-3,8-24H2,4H3/t26-,34+,35-,36?/m1/s1. The van der Waals surface area contributed by atoms with Crippen LogP contribution in [0, 0.1) is 0 Å². The lowest BCUT2D eigenvalue weighted by Crippen LogP contribution is -2.58. The lowest BCUT2D eigenvalue weighted by molar-refractivity contribution is -0.275. The van der Waals surface area contributed by atoms with Crippen molar-refractivity contribution < 1.29 is 81.0 Å². The summed E-state index contributed by atoms with van der Waals surface area (Å²) in [5, 5.41) is 0. The number of carbonyl (C=O) groups is 8. The van der Waals surface area contributed by atoms with Crippen molar-refractivity contribution in [1.29, 1.82) is 0 Å². The lowest BCUT2D eigenvalue weighted by atomic mass is 10.0. The molecule has 0 aromatic carbocycles. The van der Waals surface area contributed by atoms with Crippen molar-refractivity contribution in [3.05, 3.63) is 38.0 Å². The van der Waals surface area contributed by atoms with E-state index in [1.165, 1.54) is 6.92 Å². The minimum Gasteiger partial charge on any atom is -0.466 e. The molecule has 0 amide bonds. The molecule has 1 unspecified atom stereocenters. The average molecular weight is 755 g/mol. The van der Waals surface area contributed by atoms with Gasteiger partial charge in [-0.3, -0.25) is 24.0 Å². The molecule has 53 heavy (non-hydrogen) atoms. The van der Waals surface area contributed by atoms with Gasteiger partial charge in [0.1, 0.15) is 0 Å². The van der Waals surface area contributed by atoms with E-state index in [9.17, 15) is 38.4 Å². The highest BCUT2D eigenvalue weighted by atomic mass is 16.7. The zero-order chi connectivity index (χ0) is 39.4. The summed E-state index contributed by atoms with van der Waals surface area (Å²) in [7, 11) is 0. The van der Waals surface area contributed by atoms with E-state index in [0.29, 0.717) is 25.7 Å². The summed E-state index contributed by atoms with van der Waals surface area (Å²) < 4.78 is 47.7. The number of rotatable bonds is 27. The molecular weight excluding hydrogens is 704 g/mol. The first kappa shape index (κ1) is 46.0. The van der Waals surface area contributed by atoms with Gasteiger partial charge in [0.15, 0.2) is 12.2 Å². The molecule has 1 saturated heterocycles. The average Bonchev–Trinajstić information content (AvgIpc) is 3.12. The Kier molecular flexibility index (Phi) is 23.9. The molecule has 0 spiro atoms. The molecule has 1 heterocycles. The van der Waals surface area contributed by atoms with Crippen molar-refractivity contribution >= 4 is 47.8 Å². The molecule has 0 aromatic heterocycles. The Morgan fingerprint density at radius 2 is 0.868 bits per heavy atom. The molecule has 0 saturated carbocycles. The van der Waals surface area contributed by atoms with Crippen LogP contribution in [-0.4, -0.2) is 105 Å². The predicted molar refractivity (Wildman–Crippen MR) is 181 cm³/mol. The molecular formula is C36H50O17. The third-order valence-corrected chi connectivity index (χ3v) is 7.09. The largest absolute Gasteiger partial charge is 0.466 e. The van der Waals surface area contributed by atoms with Gasteiger partial charge in [0.05, 0.1) is 33.0 Å². The van der Waals surface area contributed by atoms with E-state index in [-0.39, 0.29) is 77.8 Å². The number of unbranched alkanes of at least 4 members (excludes halogenated alkanes) is 4. The van der Waals surface area contributed by atoms with Crippen LogP contribution in [0.1, 0.15) is 84.0 Å².